The van der Waals surface area contributed by atoms with Gasteiger partial charge in [-0.2, -0.15) is 0 Å². The van der Waals surface area contributed by atoms with Crippen LogP contribution in [0.15, 0.2) is 18.2 Å². The van der Waals surface area contributed by atoms with E-state index in [1.165, 1.54) is 18.2 Å². The zero-order valence-corrected chi connectivity index (χ0v) is 5.11. The van der Waals surface area contributed by atoms with Gasteiger partial charge in [-0.3, -0.25) is 4.79 Å². The summed E-state index contributed by atoms with van der Waals surface area (Å²) in [5.74, 6) is -0.491. The van der Waals surface area contributed by atoms with E-state index < -0.39 is 0 Å². The highest BCUT2D eigenvalue weighted by atomic mass is 16.4. The number of aromatic hydroxyl groups is 2. The van der Waals surface area contributed by atoms with Crippen molar-refractivity contribution >= 4 is 6.29 Å². The Balaban J connectivity index is 3.16. The lowest BCUT2D eigenvalue weighted by molar-refractivity contribution is 0.112. The van der Waals surface area contributed by atoms with Gasteiger partial charge < -0.3 is 10.2 Å². The molecule has 0 amide bonds. The van der Waals surface area contributed by atoms with E-state index in [9.17, 15) is 4.79 Å². The number of carbonyl (C=O) groups excluding carboxylic acids is 1. The molecule has 0 aliphatic heterocycles. The smallest absolute Gasteiger partial charge is 0.158 e. The van der Waals surface area contributed by atoms with E-state index in [0.717, 1.165) is 0 Å². The fourth-order valence-electron chi connectivity index (χ4n) is 0.614. The number of benzene rings is 1. The Hall–Kier alpha value is -1.51. The molecule has 0 aliphatic rings. The molecule has 0 atom stereocenters. The van der Waals surface area contributed by atoms with Gasteiger partial charge in [-0.05, 0) is 18.2 Å². The number of aldehydes is 1. The minimum absolute atomic E-state index is 0.217. The molecule has 0 heterocycles. The first-order valence-corrected chi connectivity index (χ1v) is 2.71. The van der Waals surface area contributed by atoms with Gasteiger partial charge in [-0.15, -0.1) is 0 Å². The summed E-state index contributed by atoms with van der Waals surface area (Å²) in [7, 11) is 0. The zero-order chi connectivity index (χ0) is 7.56. The molecule has 2 N–H and O–H groups in total. The van der Waals surface area contributed by atoms with E-state index in [-0.39, 0.29) is 11.5 Å². The maximum Gasteiger partial charge on any atom is 0.158 e. The number of phenolic OH excluding ortho intramolecular Hbond substituents is 2. The van der Waals surface area contributed by atoms with Crippen LogP contribution >= 0.6 is 0 Å². The number of phenols is 2. The summed E-state index contributed by atoms with van der Waals surface area (Å²) in [4.78, 5) is 10.1. The van der Waals surface area contributed by atoms with Gasteiger partial charge in [0.1, 0.15) is 6.29 Å². The molecule has 10 heavy (non-hydrogen) atoms. The topological polar surface area (TPSA) is 57.5 Å². The fraction of sp³-hybridized carbons (Fsp3) is 0. The van der Waals surface area contributed by atoms with Gasteiger partial charge in [0.05, 0.1) is 0 Å². The van der Waals surface area contributed by atoms with Crippen LogP contribution in [-0.2, 0) is 0 Å². The first-order valence-electron chi connectivity index (χ1n) is 2.71. The normalized spacial score (nSPS) is 9.20. The van der Waals surface area contributed by atoms with Crippen molar-refractivity contribution in [1.29, 1.82) is 0 Å². The highest BCUT2D eigenvalue weighted by molar-refractivity contribution is 5.76. The Bertz CT molecular complexity index is 255. The summed E-state index contributed by atoms with van der Waals surface area (Å²) in [5.41, 5.74) is 0.343. The molecular formula is C7H6O3. The van der Waals surface area contributed by atoms with Crippen molar-refractivity contribution in [1.82, 2.24) is 0 Å². The summed E-state index contributed by atoms with van der Waals surface area (Å²) >= 11 is 0. The molecule has 3 heteroatoms. The second-order valence-corrected chi connectivity index (χ2v) is 1.87. The molecule has 1 rings (SSSR count). The first kappa shape index (κ1) is 6.61. The van der Waals surface area contributed by atoms with Crippen LogP contribution in [0.5, 0.6) is 11.5 Å². The summed E-state index contributed by atoms with van der Waals surface area (Å²) in [6, 6.07) is 3.88. The van der Waals surface area contributed by atoms with Crippen molar-refractivity contribution in [2.45, 2.75) is 0 Å². The van der Waals surface area contributed by atoms with Crippen molar-refractivity contribution in [2.75, 3.05) is 0 Å². The Morgan fingerprint density at radius 2 is 1.90 bits per heavy atom. The van der Waals surface area contributed by atoms with Gasteiger partial charge in [0.25, 0.3) is 0 Å². The first-order chi connectivity index (χ1) is 4.74. The van der Waals surface area contributed by atoms with E-state index in [0.29, 0.717) is 11.8 Å². The van der Waals surface area contributed by atoms with Crippen molar-refractivity contribution in [3.8, 4) is 11.5 Å². The van der Waals surface area contributed by atoms with Crippen molar-refractivity contribution in [3.05, 3.63) is 23.8 Å². The molecular weight excluding hydrogens is 138 g/mol. The zero-order valence-electron chi connectivity index (χ0n) is 5.11. The van der Waals surface area contributed by atoms with E-state index in [2.05, 4.69) is 0 Å². The number of carbonyl (C=O) groups is 1. The summed E-state index contributed by atoms with van der Waals surface area (Å²) in [5, 5.41) is 17.6. The van der Waals surface area contributed by atoms with Crippen LogP contribution in [0, 0.1) is 0 Å². The molecule has 52 valence electrons. The average molecular weight is 144 g/mol. The van der Waals surface area contributed by atoms with Gasteiger partial charge in [0, 0.05) is 5.56 Å². The van der Waals surface area contributed by atoms with Crippen molar-refractivity contribution in [3.63, 3.8) is 0 Å². The summed E-state index contributed by atoms with van der Waals surface area (Å²) < 4.78 is 0. The molecule has 0 spiro atoms. The predicted octanol–water partition coefficient (Wildman–Crippen LogP) is 0.910. The number of rotatable bonds is 1. The maximum atomic E-state index is 10.1. The number of hydrogen-bond acceptors (Lipinski definition) is 3. The largest absolute Gasteiger partial charge is 0.504 e. The van der Waals surface area contributed by atoms with Gasteiger partial charge in [0.2, 0.25) is 0 Å². The number of hydrogen-bond donors (Lipinski definition) is 2. The van der Waals surface area contributed by atoms with Gasteiger partial charge in [-0.1, -0.05) is 0 Å². The molecule has 1 aromatic rings. The molecule has 0 saturated carbocycles. The van der Waals surface area contributed by atoms with E-state index >= 15 is 0 Å². The Morgan fingerprint density at radius 1 is 1.20 bits per heavy atom. The highest BCUT2D eigenvalue weighted by Gasteiger charge is 1.97. The Morgan fingerprint density at radius 3 is 2.40 bits per heavy atom. The minimum Gasteiger partial charge on any atom is -0.504 e. The van der Waals surface area contributed by atoms with Gasteiger partial charge in [0.15, 0.2) is 11.5 Å². The molecule has 0 radical (unpaired) electrons. The minimum atomic E-state index is -0.274. The van der Waals surface area contributed by atoms with E-state index in [1.54, 1.807) is 0 Å². The van der Waals surface area contributed by atoms with Gasteiger partial charge >= 0.3 is 0 Å². The monoisotopic (exact) mass is 144 g/mol. The van der Waals surface area contributed by atoms with Crippen LogP contribution in [0.2, 0.25) is 0 Å². The van der Waals surface area contributed by atoms with Crippen molar-refractivity contribution in [2.24, 2.45) is 0 Å². The lowest BCUT2D eigenvalue weighted by Gasteiger charge is -1.95. The second kappa shape index (κ2) is 2.39. The molecule has 0 aromatic heterocycles. The van der Waals surface area contributed by atoms with Crippen LogP contribution in [0.4, 0.5) is 0 Å². The molecule has 0 unspecified atom stereocenters. The lowest BCUT2D eigenvalue weighted by Crippen LogP contribution is -1.77. The summed E-state index contributed by atoms with van der Waals surface area (Å²) in [6.45, 7) is 0. The van der Waals surface area contributed by atoms with Crippen LogP contribution in [-0.4, -0.2) is 16.5 Å². The maximum absolute atomic E-state index is 10.1. The fourth-order valence-corrected chi connectivity index (χ4v) is 0.614. The third-order valence-corrected chi connectivity index (χ3v) is 1.14. The Labute approximate surface area is 57.5 Å². The van der Waals surface area contributed by atoms with Crippen LogP contribution in [0.1, 0.15) is 10.4 Å². The molecule has 3 nitrogen and oxygen atoms in total. The molecule has 0 aliphatic carbocycles. The Kier molecular flexibility index (Phi) is 1.58. The average Bonchev–Trinajstić information content (AvgIpc) is 1.95. The standard InChI is InChI=1S/C7H6O3/c8-4-5-1-2-6(9)7(10)3-5/h1-4,9-10H/i1+1,2+1,3+1,5+1,6+1,7+1. The molecule has 1 aromatic carbocycles. The third-order valence-electron chi connectivity index (χ3n) is 1.14. The van der Waals surface area contributed by atoms with Crippen molar-refractivity contribution < 1.29 is 15.0 Å². The molecule has 0 saturated heterocycles. The SMILES string of the molecule is O=C[13c]1[13cH][13cH][13c](O)[13c](O)[13cH]1. The summed E-state index contributed by atoms with van der Waals surface area (Å²) in [6.07, 6.45) is 0.596. The van der Waals surface area contributed by atoms with E-state index in [1.807, 2.05) is 0 Å². The molecule has 0 bridgehead atoms. The predicted molar refractivity (Wildman–Crippen MR) is 35.2 cm³/mol. The molecule has 0 fully saturated rings. The van der Waals surface area contributed by atoms with Crippen LogP contribution in [0.3, 0.4) is 0 Å². The highest BCUT2D eigenvalue weighted by Crippen LogP contribution is 2.23. The van der Waals surface area contributed by atoms with Crippen LogP contribution in [0.25, 0.3) is 0 Å². The van der Waals surface area contributed by atoms with Crippen LogP contribution < -0.4 is 0 Å². The quantitative estimate of drug-likeness (QED) is 0.455. The second-order valence-electron chi connectivity index (χ2n) is 1.87. The van der Waals surface area contributed by atoms with E-state index in [4.69, 9.17) is 10.2 Å². The lowest BCUT2D eigenvalue weighted by atomic mass is 11.0. The van der Waals surface area contributed by atoms with Gasteiger partial charge in [-0.25, -0.2) is 0 Å². The third kappa shape index (κ3) is 1.07.